The van der Waals surface area contributed by atoms with Gasteiger partial charge in [0.05, 0.1) is 5.69 Å². The van der Waals surface area contributed by atoms with Gasteiger partial charge in [0.1, 0.15) is 17.3 Å². The lowest BCUT2D eigenvalue weighted by Crippen LogP contribution is -2.27. The van der Waals surface area contributed by atoms with Crippen LogP contribution >= 0.6 is 0 Å². The van der Waals surface area contributed by atoms with Crippen molar-refractivity contribution in [3.05, 3.63) is 46.8 Å². The number of rotatable bonds is 7. The molecule has 0 aliphatic heterocycles. The van der Waals surface area contributed by atoms with E-state index < -0.39 is 0 Å². The Morgan fingerprint density at radius 2 is 2.08 bits per heavy atom. The van der Waals surface area contributed by atoms with E-state index in [2.05, 4.69) is 15.7 Å². The molecule has 0 bridgehead atoms. The number of nitrogen functional groups attached to an aromatic ring is 1. The molecule has 0 aliphatic carbocycles. The molecule has 0 atom stereocenters. The molecule has 1 aromatic carbocycles. The van der Waals surface area contributed by atoms with Crippen molar-refractivity contribution < 1.29 is 14.3 Å². The molecule has 9 heteroatoms. The molecule has 0 aliphatic rings. The van der Waals surface area contributed by atoms with Gasteiger partial charge >= 0.3 is 0 Å². The first-order chi connectivity index (χ1) is 12.3. The zero-order chi connectivity index (χ0) is 19.3. The molecule has 0 fully saturated rings. The summed E-state index contributed by atoms with van der Waals surface area (Å²) in [4.78, 5) is 23.7. The number of nitrogens with zero attached hydrogens (tertiary/aromatic N) is 2. The van der Waals surface area contributed by atoms with Gasteiger partial charge in [-0.2, -0.15) is 5.10 Å². The number of nitrogens with two attached hydrogens (primary N) is 1. The highest BCUT2D eigenvalue weighted by molar-refractivity contribution is 5.95. The molecule has 9 nitrogen and oxygen atoms in total. The summed E-state index contributed by atoms with van der Waals surface area (Å²) in [5, 5.41) is 16.9. The maximum absolute atomic E-state index is 12.3. The molecule has 0 spiro atoms. The summed E-state index contributed by atoms with van der Waals surface area (Å²) in [5.74, 6) is -0.307. The van der Waals surface area contributed by atoms with Gasteiger partial charge in [0.25, 0.3) is 11.8 Å². The summed E-state index contributed by atoms with van der Waals surface area (Å²) in [6, 6.07) is 6.62. The number of aromatic nitrogens is 2. The van der Waals surface area contributed by atoms with Gasteiger partial charge < -0.3 is 21.1 Å². The number of likely N-dealkylation sites (N-methyl/N-ethyl adjacent to an activating group) is 1. The van der Waals surface area contributed by atoms with E-state index in [1.165, 1.54) is 11.7 Å². The Morgan fingerprint density at radius 1 is 1.35 bits per heavy atom. The Hall–Kier alpha value is -3.36. The fourth-order valence-electron chi connectivity index (χ4n) is 2.31. The van der Waals surface area contributed by atoms with Crippen molar-refractivity contribution in [2.75, 3.05) is 13.7 Å². The third kappa shape index (κ3) is 4.59. The summed E-state index contributed by atoms with van der Waals surface area (Å²) in [6.07, 6.45) is 0. The normalized spacial score (nSPS) is 10.3. The highest BCUT2D eigenvalue weighted by Crippen LogP contribution is 2.21. The quantitative estimate of drug-likeness (QED) is 0.410. The van der Waals surface area contributed by atoms with E-state index in [0.29, 0.717) is 22.6 Å². The highest BCUT2D eigenvalue weighted by Gasteiger charge is 2.14. The summed E-state index contributed by atoms with van der Waals surface area (Å²) < 4.78 is 7.02. The standard InChI is InChI=1S/C17H22N6O3/c1-10-6-13(23(3)22-10)17(25)21-8-12-5-4-11(16(18)19)7-14(12)26-9-15(24)20-2/h4-7H,8-9H2,1-3H3,(H3,18,19)(H,20,24)(H,21,25). The Kier molecular flexibility index (Phi) is 5.94. The van der Waals surface area contributed by atoms with Crippen molar-refractivity contribution in [3.8, 4) is 5.75 Å². The lowest BCUT2D eigenvalue weighted by molar-refractivity contribution is -0.122. The van der Waals surface area contributed by atoms with Crippen molar-refractivity contribution in [1.82, 2.24) is 20.4 Å². The van der Waals surface area contributed by atoms with Crippen molar-refractivity contribution in [2.24, 2.45) is 12.8 Å². The summed E-state index contributed by atoms with van der Waals surface area (Å²) in [5.41, 5.74) is 7.82. The van der Waals surface area contributed by atoms with Crippen LogP contribution in [0.25, 0.3) is 0 Å². The van der Waals surface area contributed by atoms with Crippen LogP contribution in [0.1, 0.15) is 27.3 Å². The predicted octanol–water partition coefficient (Wildman–Crippen LogP) is 0.0674. The molecule has 1 heterocycles. The maximum atomic E-state index is 12.3. The fraction of sp³-hybridized carbons (Fsp3) is 0.294. The Labute approximate surface area is 151 Å². The molecule has 0 radical (unpaired) electrons. The minimum atomic E-state index is -0.293. The molecule has 0 saturated carbocycles. The Morgan fingerprint density at radius 3 is 2.65 bits per heavy atom. The summed E-state index contributed by atoms with van der Waals surface area (Å²) in [7, 11) is 3.20. The van der Waals surface area contributed by atoms with Gasteiger partial charge in [-0.3, -0.25) is 19.7 Å². The molecule has 2 amide bonds. The number of hydrogen-bond acceptors (Lipinski definition) is 5. The predicted molar refractivity (Wildman–Crippen MR) is 96.1 cm³/mol. The smallest absolute Gasteiger partial charge is 0.269 e. The van der Waals surface area contributed by atoms with Crippen molar-refractivity contribution in [2.45, 2.75) is 13.5 Å². The lowest BCUT2D eigenvalue weighted by Gasteiger charge is -2.13. The first-order valence-corrected chi connectivity index (χ1v) is 7.91. The number of carbonyl (C=O) groups excluding carboxylic acids is 2. The van der Waals surface area contributed by atoms with E-state index in [1.807, 2.05) is 6.92 Å². The van der Waals surface area contributed by atoms with Crippen molar-refractivity contribution in [3.63, 3.8) is 0 Å². The number of aryl methyl sites for hydroxylation is 2. The number of amides is 2. The van der Waals surface area contributed by atoms with Crippen LogP contribution in [0.3, 0.4) is 0 Å². The summed E-state index contributed by atoms with van der Waals surface area (Å²) >= 11 is 0. The number of amidine groups is 1. The number of carbonyl (C=O) groups is 2. The number of nitrogens with one attached hydrogen (secondary N) is 3. The maximum Gasteiger partial charge on any atom is 0.269 e. The van der Waals surface area contributed by atoms with Gasteiger partial charge in [-0.05, 0) is 19.1 Å². The van der Waals surface area contributed by atoms with E-state index >= 15 is 0 Å². The highest BCUT2D eigenvalue weighted by atomic mass is 16.5. The molecular formula is C17H22N6O3. The third-order valence-electron chi connectivity index (χ3n) is 3.69. The zero-order valence-electron chi connectivity index (χ0n) is 14.9. The topological polar surface area (TPSA) is 135 Å². The Bertz CT molecular complexity index is 843. The largest absolute Gasteiger partial charge is 0.483 e. The van der Waals surface area contributed by atoms with Crippen LogP contribution in [0.15, 0.2) is 24.3 Å². The molecule has 2 rings (SSSR count). The fourth-order valence-corrected chi connectivity index (χ4v) is 2.31. The summed E-state index contributed by atoms with van der Waals surface area (Å²) in [6.45, 7) is 1.81. The van der Waals surface area contributed by atoms with Gasteiger partial charge in [0, 0.05) is 31.8 Å². The van der Waals surface area contributed by atoms with Crippen LogP contribution in [0.5, 0.6) is 5.75 Å². The SMILES string of the molecule is CNC(=O)COc1cc(C(=N)N)ccc1CNC(=O)c1cc(C)nn1C. The van der Waals surface area contributed by atoms with E-state index in [9.17, 15) is 9.59 Å². The monoisotopic (exact) mass is 358 g/mol. The van der Waals surface area contributed by atoms with Crippen LogP contribution < -0.4 is 21.1 Å². The van der Waals surface area contributed by atoms with Gasteiger partial charge in [0.15, 0.2) is 6.61 Å². The number of hydrogen-bond donors (Lipinski definition) is 4. The van der Waals surface area contributed by atoms with Gasteiger partial charge in [0.2, 0.25) is 0 Å². The van der Waals surface area contributed by atoms with Gasteiger partial charge in [-0.1, -0.05) is 12.1 Å². The minimum absolute atomic E-state index is 0.115. The minimum Gasteiger partial charge on any atom is -0.483 e. The van der Waals surface area contributed by atoms with E-state index in [4.69, 9.17) is 15.9 Å². The lowest BCUT2D eigenvalue weighted by atomic mass is 10.1. The molecule has 138 valence electrons. The van der Waals surface area contributed by atoms with Crippen LogP contribution in [-0.2, 0) is 18.4 Å². The Balaban J connectivity index is 2.16. The van der Waals surface area contributed by atoms with Crippen LogP contribution in [0, 0.1) is 12.3 Å². The molecule has 0 unspecified atom stereocenters. The third-order valence-corrected chi connectivity index (χ3v) is 3.69. The molecular weight excluding hydrogens is 336 g/mol. The molecule has 5 N–H and O–H groups in total. The van der Waals surface area contributed by atoms with E-state index in [0.717, 1.165) is 5.69 Å². The second kappa shape index (κ2) is 8.15. The average Bonchev–Trinajstić information content (AvgIpc) is 2.95. The van der Waals surface area contributed by atoms with Crippen LogP contribution in [-0.4, -0.2) is 41.1 Å². The van der Waals surface area contributed by atoms with Gasteiger partial charge in [-0.15, -0.1) is 0 Å². The van der Waals surface area contributed by atoms with Gasteiger partial charge in [-0.25, -0.2) is 0 Å². The molecule has 2 aromatic rings. The zero-order valence-corrected chi connectivity index (χ0v) is 14.9. The van der Waals surface area contributed by atoms with E-state index in [-0.39, 0.29) is 30.8 Å². The van der Waals surface area contributed by atoms with E-state index in [1.54, 1.807) is 31.3 Å². The van der Waals surface area contributed by atoms with Crippen LogP contribution in [0.2, 0.25) is 0 Å². The average molecular weight is 358 g/mol. The molecule has 0 saturated heterocycles. The first kappa shape index (κ1) is 19.0. The second-order valence-corrected chi connectivity index (χ2v) is 5.68. The molecule has 26 heavy (non-hydrogen) atoms. The number of ether oxygens (including phenoxy) is 1. The van der Waals surface area contributed by atoms with Crippen molar-refractivity contribution >= 4 is 17.6 Å². The molecule has 1 aromatic heterocycles. The second-order valence-electron chi connectivity index (χ2n) is 5.68. The number of benzene rings is 1. The van der Waals surface area contributed by atoms with Crippen molar-refractivity contribution in [1.29, 1.82) is 5.41 Å². The van der Waals surface area contributed by atoms with Crippen LogP contribution in [0.4, 0.5) is 0 Å². The first-order valence-electron chi connectivity index (χ1n) is 7.91.